The largest absolute Gasteiger partial charge is 0.389 e. The minimum Gasteiger partial charge on any atom is -0.389 e. The van der Waals surface area contributed by atoms with E-state index in [1.807, 2.05) is 12.1 Å². The van der Waals surface area contributed by atoms with Crippen LogP contribution in [0.15, 0.2) is 60.7 Å². The first-order chi connectivity index (χ1) is 9.38. The van der Waals surface area contributed by atoms with Crippen molar-refractivity contribution in [2.24, 2.45) is 0 Å². The third-order valence-corrected chi connectivity index (χ3v) is 3.97. The first kappa shape index (κ1) is 15.6. The van der Waals surface area contributed by atoms with Crippen LogP contribution in [0.3, 0.4) is 0 Å². The zero-order valence-electron chi connectivity index (χ0n) is 11.7. The van der Waals surface area contributed by atoms with Crippen LogP contribution in [0.4, 0.5) is 0 Å². The molecule has 0 bridgehead atoms. The van der Waals surface area contributed by atoms with Gasteiger partial charge in [0.15, 0.2) is 0 Å². The van der Waals surface area contributed by atoms with Gasteiger partial charge in [0, 0.05) is 26.7 Å². The highest BCUT2D eigenvalue weighted by molar-refractivity contribution is 6.34. The molecular weight excluding hydrogens is 252 g/mol. The molecule has 102 valence electrons. The summed E-state index contributed by atoms with van der Waals surface area (Å²) in [7, 11) is 3.42. The van der Waals surface area contributed by atoms with Gasteiger partial charge in [-0.05, 0) is 11.1 Å². The molecule has 0 spiro atoms. The van der Waals surface area contributed by atoms with Gasteiger partial charge in [-0.25, -0.2) is 0 Å². The quantitative estimate of drug-likeness (QED) is 0.616. The van der Waals surface area contributed by atoms with E-state index in [1.54, 1.807) is 14.2 Å². The fraction of sp³-hybridized carbons (Fsp3) is 0.250. The number of hydrogen-bond donors (Lipinski definition) is 0. The van der Waals surface area contributed by atoms with Gasteiger partial charge in [0.25, 0.3) is 0 Å². The lowest BCUT2D eigenvalue weighted by Gasteiger charge is -1.98. The molecule has 0 N–H and O–H groups in total. The monoisotopic (exact) mass is 274 g/mol. The number of rotatable bonds is 5. The SMILES string of the molecule is COC[SiH2]COC.c1ccc(-c2ccccc2)cc1. The molecule has 0 aromatic heterocycles. The highest BCUT2D eigenvalue weighted by Crippen LogP contribution is 2.17. The van der Waals surface area contributed by atoms with Crippen molar-refractivity contribution in [3.63, 3.8) is 0 Å². The summed E-state index contributed by atoms with van der Waals surface area (Å²) < 4.78 is 9.65. The molecule has 0 amide bonds. The minimum atomic E-state index is -0.0332. The van der Waals surface area contributed by atoms with Crippen molar-refractivity contribution in [1.82, 2.24) is 0 Å². The van der Waals surface area contributed by atoms with E-state index in [4.69, 9.17) is 9.47 Å². The molecule has 19 heavy (non-hydrogen) atoms. The first-order valence-corrected chi connectivity index (χ1v) is 8.47. The molecule has 2 nitrogen and oxygen atoms in total. The molecule has 2 rings (SSSR count). The second kappa shape index (κ2) is 10.5. The molecule has 0 unspecified atom stereocenters. The molecule has 0 saturated heterocycles. The van der Waals surface area contributed by atoms with Gasteiger partial charge in [0.05, 0.1) is 9.52 Å². The average Bonchev–Trinajstić information content (AvgIpc) is 2.50. The highest BCUT2D eigenvalue weighted by atomic mass is 28.2. The lowest BCUT2D eigenvalue weighted by Crippen LogP contribution is -2.07. The van der Waals surface area contributed by atoms with E-state index < -0.39 is 0 Å². The molecular formula is C16H22O2Si. The zero-order chi connectivity index (χ0) is 13.8. The van der Waals surface area contributed by atoms with Crippen molar-refractivity contribution in [1.29, 1.82) is 0 Å². The van der Waals surface area contributed by atoms with E-state index in [0.29, 0.717) is 0 Å². The van der Waals surface area contributed by atoms with Crippen LogP contribution in [-0.4, -0.2) is 36.2 Å². The van der Waals surface area contributed by atoms with Crippen LogP contribution in [0.5, 0.6) is 0 Å². The number of ether oxygens (including phenoxy) is 2. The number of hydrogen-bond acceptors (Lipinski definition) is 2. The van der Waals surface area contributed by atoms with Crippen LogP contribution < -0.4 is 0 Å². The Morgan fingerprint density at radius 2 is 1.05 bits per heavy atom. The van der Waals surface area contributed by atoms with Crippen LogP contribution >= 0.6 is 0 Å². The van der Waals surface area contributed by atoms with Gasteiger partial charge in [0.1, 0.15) is 0 Å². The van der Waals surface area contributed by atoms with Crippen LogP contribution in [0.1, 0.15) is 0 Å². The van der Waals surface area contributed by atoms with Crippen molar-refractivity contribution in [2.75, 3.05) is 26.7 Å². The summed E-state index contributed by atoms with van der Waals surface area (Å²) in [5.74, 6) is 0. The first-order valence-electron chi connectivity index (χ1n) is 6.47. The van der Waals surface area contributed by atoms with Crippen LogP contribution in [-0.2, 0) is 9.47 Å². The average molecular weight is 274 g/mol. The van der Waals surface area contributed by atoms with Crippen molar-refractivity contribution < 1.29 is 9.47 Å². The van der Waals surface area contributed by atoms with Gasteiger partial charge in [-0.2, -0.15) is 0 Å². The summed E-state index contributed by atoms with van der Waals surface area (Å²) in [6.45, 7) is 0. The molecule has 0 aliphatic heterocycles. The molecule has 0 saturated carbocycles. The molecule has 0 heterocycles. The standard InChI is InChI=1S/C12H10.C4H12O2Si/c1-3-7-11(8-4-1)12-9-5-2-6-10-12;1-5-3-7-4-6-2/h1-10H;3-4,7H2,1-2H3. The topological polar surface area (TPSA) is 18.5 Å². The fourth-order valence-corrected chi connectivity index (χ4v) is 2.30. The van der Waals surface area contributed by atoms with Crippen molar-refractivity contribution in [3.8, 4) is 11.1 Å². The van der Waals surface area contributed by atoms with Gasteiger partial charge in [0.2, 0.25) is 0 Å². The van der Waals surface area contributed by atoms with E-state index in [-0.39, 0.29) is 9.52 Å². The molecule has 0 aliphatic rings. The molecule has 3 heteroatoms. The Labute approximate surface area is 118 Å². The Kier molecular flexibility index (Phi) is 8.64. The van der Waals surface area contributed by atoms with Crippen LogP contribution in [0, 0.1) is 0 Å². The summed E-state index contributed by atoms with van der Waals surface area (Å²) >= 11 is 0. The third kappa shape index (κ3) is 6.91. The smallest absolute Gasteiger partial charge is 0.0822 e. The summed E-state index contributed by atoms with van der Waals surface area (Å²) in [5, 5.41) is 0. The number of methoxy groups -OCH3 is 2. The van der Waals surface area contributed by atoms with Gasteiger partial charge in [-0.15, -0.1) is 0 Å². The third-order valence-electron chi connectivity index (χ3n) is 2.58. The Hall–Kier alpha value is -1.42. The van der Waals surface area contributed by atoms with Crippen LogP contribution in [0.2, 0.25) is 0 Å². The van der Waals surface area contributed by atoms with Gasteiger partial charge in [-0.3, -0.25) is 0 Å². The van der Waals surface area contributed by atoms with Gasteiger partial charge >= 0.3 is 0 Å². The molecule has 2 aromatic carbocycles. The summed E-state index contributed by atoms with van der Waals surface area (Å²) in [4.78, 5) is 0. The Balaban J connectivity index is 0.000000224. The van der Waals surface area contributed by atoms with Gasteiger partial charge < -0.3 is 9.47 Å². The van der Waals surface area contributed by atoms with E-state index >= 15 is 0 Å². The number of benzene rings is 2. The fourth-order valence-electron chi connectivity index (χ4n) is 1.61. The molecule has 0 fully saturated rings. The van der Waals surface area contributed by atoms with Crippen molar-refractivity contribution in [2.45, 2.75) is 0 Å². The summed E-state index contributed by atoms with van der Waals surface area (Å²) in [5.41, 5.74) is 2.55. The molecule has 0 aliphatic carbocycles. The lowest BCUT2D eigenvalue weighted by molar-refractivity contribution is 0.227. The molecule has 2 aromatic rings. The van der Waals surface area contributed by atoms with E-state index in [0.717, 1.165) is 12.5 Å². The van der Waals surface area contributed by atoms with Gasteiger partial charge in [-0.1, -0.05) is 60.7 Å². The zero-order valence-corrected chi connectivity index (χ0v) is 13.1. The minimum absolute atomic E-state index is 0.0332. The molecule has 0 radical (unpaired) electrons. The summed E-state index contributed by atoms with van der Waals surface area (Å²) in [6, 6.07) is 20.8. The highest BCUT2D eigenvalue weighted by Gasteiger charge is 1.91. The predicted octanol–water partition coefficient (Wildman–Crippen LogP) is 2.72. The maximum absolute atomic E-state index is 4.83. The normalized spacial score (nSPS) is 9.58. The lowest BCUT2D eigenvalue weighted by atomic mass is 10.1. The van der Waals surface area contributed by atoms with E-state index in [9.17, 15) is 0 Å². The van der Waals surface area contributed by atoms with Crippen molar-refractivity contribution >= 4 is 9.52 Å². The predicted molar refractivity (Wildman–Crippen MR) is 84.2 cm³/mol. The Bertz CT molecular complexity index is 376. The van der Waals surface area contributed by atoms with Crippen molar-refractivity contribution in [3.05, 3.63) is 60.7 Å². The van der Waals surface area contributed by atoms with Crippen LogP contribution in [0.25, 0.3) is 11.1 Å². The summed E-state index contributed by atoms with van der Waals surface area (Å²) in [6.07, 6.45) is 1.88. The van der Waals surface area contributed by atoms with E-state index in [2.05, 4.69) is 48.5 Å². The molecule has 0 atom stereocenters. The second-order valence-electron chi connectivity index (χ2n) is 4.07. The Morgan fingerprint density at radius 3 is 1.37 bits per heavy atom. The van der Waals surface area contributed by atoms with E-state index in [1.165, 1.54) is 11.1 Å². The second-order valence-corrected chi connectivity index (χ2v) is 5.59. The maximum atomic E-state index is 4.83. The maximum Gasteiger partial charge on any atom is 0.0822 e. The Morgan fingerprint density at radius 1 is 0.684 bits per heavy atom.